The number of nitrogens with zero attached hydrogens (tertiary/aromatic N) is 3. The number of nitrogens with one attached hydrogen (secondary N) is 2. The van der Waals surface area contributed by atoms with E-state index in [0.29, 0.717) is 6.42 Å². The lowest BCUT2D eigenvalue weighted by Gasteiger charge is -2.24. The van der Waals surface area contributed by atoms with Gasteiger partial charge in [-0.2, -0.15) is 0 Å². The Bertz CT molecular complexity index is 1220. The molecule has 8 heteroatoms. The van der Waals surface area contributed by atoms with Gasteiger partial charge in [-0.15, -0.1) is 11.3 Å². The Labute approximate surface area is 198 Å². The van der Waals surface area contributed by atoms with Crippen LogP contribution in [0.2, 0.25) is 0 Å². The third-order valence-electron chi connectivity index (χ3n) is 5.11. The van der Waals surface area contributed by atoms with Gasteiger partial charge in [0.15, 0.2) is 0 Å². The summed E-state index contributed by atoms with van der Waals surface area (Å²) in [7, 11) is 1.62. The number of benzene rings is 1. The number of fused-ring (bicyclic) bond motifs is 2. The van der Waals surface area contributed by atoms with Gasteiger partial charge < -0.3 is 15.4 Å². The molecule has 5 rings (SSSR count). The highest BCUT2D eigenvalue weighted by molar-refractivity contribution is 7.13. The first-order valence-corrected chi connectivity index (χ1v) is 12.1. The standard InChI is InChI=1S/C21H19N5O2S.2C2H6/c1-12-3-6-17-24-19(20(26(17)10-12)25-18-9-22-11-29-18)15-7-13-4-5-14(28-2)8-16(13)23-21(15)27;2*1-2/h3-6,8-11,15,25H,7H2,1-2H3,(H,23,27);2*1-2H3. The summed E-state index contributed by atoms with van der Waals surface area (Å²) >= 11 is 1.50. The molecule has 1 aliphatic heterocycles. The zero-order valence-electron chi connectivity index (χ0n) is 20.0. The van der Waals surface area contributed by atoms with Gasteiger partial charge >= 0.3 is 0 Å². The monoisotopic (exact) mass is 465 g/mol. The van der Waals surface area contributed by atoms with E-state index < -0.39 is 5.92 Å². The zero-order chi connectivity index (χ0) is 24.0. The summed E-state index contributed by atoms with van der Waals surface area (Å²) in [6, 6.07) is 9.75. The number of imidazole rings is 1. The fourth-order valence-electron chi connectivity index (χ4n) is 3.66. The van der Waals surface area contributed by atoms with Crippen molar-refractivity contribution in [1.82, 2.24) is 14.4 Å². The number of aryl methyl sites for hydroxylation is 1. The van der Waals surface area contributed by atoms with E-state index in [2.05, 4.69) is 15.6 Å². The number of hydrogen-bond donors (Lipinski definition) is 2. The quantitative estimate of drug-likeness (QED) is 0.376. The van der Waals surface area contributed by atoms with Crippen LogP contribution in [-0.2, 0) is 11.2 Å². The summed E-state index contributed by atoms with van der Waals surface area (Å²) in [5, 5.41) is 7.34. The highest BCUT2D eigenvalue weighted by atomic mass is 32.1. The van der Waals surface area contributed by atoms with E-state index >= 15 is 0 Å². The smallest absolute Gasteiger partial charge is 0.234 e. The molecule has 0 aliphatic carbocycles. The van der Waals surface area contributed by atoms with Crippen LogP contribution in [0.4, 0.5) is 16.5 Å². The normalized spacial score (nSPS) is 14.2. The summed E-state index contributed by atoms with van der Waals surface area (Å²) in [5.74, 6) is 1.05. The molecule has 0 fully saturated rings. The van der Waals surface area contributed by atoms with Crippen molar-refractivity contribution in [3.63, 3.8) is 0 Å². The maximum Gasteiger partial charge on any atom is 0.234 e. The van der Waals surface area contributed by atoms with Crippen LogP contribution in [0.15, 0.2) is 48.2 Å². The lowest BCUT2D eigenvalue weighted by molar-refractivity contribution is -0.117. The van der Waals surface area contributed by atoms with Crippen LogP contribution in [-0.4, -0.2) is 27.4 Å². The van der Waals surface area contributed by atoms with E-state index in [9.17, 15) is 4.79 Å². The number of hydrogen-bond acceptors (Lipinski definition) is 6. The molecular weight excluding hydrogens is 434 g/mol. The molecule has 1 amide bonds. The topological polar surface area (TPSA) is 80.5 Å². The van der Waals surface area contributed by atoms with Gasteiger partial charge in [0.1, 0.15) is 22.2 Å². The first-order chi connectivity index (χ1) is 16.1. The van der Waals surface area contributed by atoms with Gasteiger partial charge in [0.05, 0.1) is 30.4 Å². The van der Waals surface area contributed by atoms with E-state index in [1.807, 2.05) is 75.5 Å². The number of methoxy groups -OCH3 is 1. The number of anilines is 3. The molecule has 3 aromatic heterocycles. The predicted molar refractivity (Wildman–Crippen MR) is 136 cm³/mol. The molecule has 0 spiro atoms. The third-order valence-corrected chi connectivity index (χ3v) is 5.80. The Kier molecular flexibility index (Phi) is 8.06. The van der Waals surface area contributed by atoms with Gasteiger partial charge in [-0.3, -0.25) is 14.2 Å². The average molecular weight is 466 g/mol. The van der Waals surface area contributed by atoms with Crippen LogP contribution < -0.4 is 15.4 Å². The second-order valence-electron chi connectivity index (χ2n) is 7.04. The summed E-state index contributed by atoms with van der Waals surface area (Å²) in [6.45, 7) is 10.0. The molecule has 2 N–H and O–H groups in total. The van der Waals surface area contributed by atoms with E-state index in [-0.39, 0.29) is 5.91 Å². The molecule has 0 bridgehead atoms. The van der Waals surface area contributed by atoms with Gasteiger partial charge in [-0.25, -0.2) is 4.98 Å². The lowest BCUT2D eigenvalue weighted by Crippen LogP contribution is -2.29. The Balaban J connectivity index is 0.000000728. The van der Waals surface area contributed by atoms with Crippen molar-refractivity contribution in [2.75, 3.05) is 17.7 Å². The molecule has 7 nitrogen and oxygen atoms in total. The number of aromatic nitrogens is 3. The zero-order valence-corrected chi connectivity index (χ0v) is 20.8. The van der Waals surface area contributed by atoms with Crippen molar-refractivity contribution >= 4 is 39.4 Å². The number of rotatable bonds is 4. The largest absolute Gasteiger partial charge is 0.497 e. The number of pyridine rings is 1. The number of ether oxygens (including phenoxy) is 1. The molecule has 174 valence electrons. The van der Waals surface area contributed by atoms with Crippen molar-refractivity contribution < 1.29 is 9.53 Å². The Morgan fingerprint density at radius 2 is 1.97 bits per heavy atom. The minimum atomic E-state index is -0.397. The van der Waals surface area contributed by atoms with Gasteiger partial charge in [-0.05, 0) is 36.6 Å². The lowest BCUT2D eigenvalue weighted by atomic mass is 9.90. The van der Waals surface area contributed by atoms with Crippen molar-refractivity contribution in [1.29, 1.82) is 0 Å². The fraction of sp³-hybridized carbons (Fsp3) is 0.320. The van der Waals surface area contributed by atoms with Crippen LogP contribution in [0.1, 0.15) is 50.4 Å². The molecule has 1 aliphatic rings. The van der Waals surface area contributed by atoms with Crippen LogP contribution in [0.5, 0.6) is 5.75 Å². The molecule has 1 aromatic carbocycles. The molecule has 33 heavy (non-hydrogen) atoms. The summed E-state index contributed by atoms with van der Waals surface area (Å²) < 4.78 is 7.28. The SMILES string of the molecule is CC.CC.COc1ccc2c(c1)NC(=O)C(c1nc3ccc(C)cn3c1Nc1cncs1)C2. The maximum absolute atomic E-state index is 13.0. The Morgan fingerprint density at radius 3 is 2.67 bits per heavy atom. The summed E-state index contributed by atoms with van der Waals surface area (Å²) in [4.78, 5) is 22.0. The molecule has 4 aromatic rings. The van der Waals surface area contributed by atoms with E-state index in [4.69, 9.17) is 9.72 Å². The van der Waals surface area contributed by atoms with Gasteiger partial charge in [0.25, 0.3) is 0 Å². The van der Waals surface area contributed by atoms with E-state index in [1.165, 1.54) is 11.3 Å². The molecule has 0 saturated carbocycles. The summed E-state index contributed by atoms with van der Waals surface area (Å²) in [5.41, 5.74) is 6.26. The second kappa shape index (κ2) is 11.0. The first-order valence-electron chi connectivity index (χ1n) is 11.2. The van der Waals surface area contributed by atoms with E-state index in [0.717, 1.165) is 44.7 Å². The number of carbonyl (C=O) groups excluding carboxylic acids is 1. The highest BCUT2D eigenvalue weighted by Crippen LogP contribution is 2.37. The van der Waals surface area contributed by atoms with Crippen LogP contribution >= 0.6 is 11.3 Å². The molecule has 1 unspecified atom stereocenters. The minimum absolute atomic E-state index is 0.0711. The number of thiazole rings is 1. The number of amides is 1. The Hall–Kier alpha value is -3.39. The van der Waals surface area contributed by atoms with Crippen LogP contribution in [0, 0.1) is 6.92 Å². The maximum atomic E-state index is 13.0. The van der Waals surface area contributed by atoms with Gasteiger partial charge in [-0.1, -0.05) is 39.8 Å². The van der Waals surface area contributed by atoms with Crippen LogP contribution in [0.3, 0.4) is 0 Å². The first kappa shape index (κ1) is 24.3. The summed E-state index contributed by atoms with van der Waals surface area (Å²) in [6.07, 6.45) is 4.37. The molecule has 4 heterocycles. The fourth-order valence-corrected chi connectivity index (χ4v) is 4.17. The van der Waals surface area contributed by atoms with Crippen LogP contribution in [0.25, 0.3) is 5.65 Å². The highest BCUT2D eigenvalue weighted by Gasteiger charge is 2.32. The van der Waals surface area contributed by atoms with Crippen molar-refractivity contribution in [3.8, 4) is 5.75 Å². The third kappa shape index (κ3) is 5.01. The molecule has 0 saturated heterocycles. The number of carbonyl (C=O) groups is 1. The second-order valence-corrected chi connectivity index (χ2v) is 7.93. The van der Waals surface area contributed by atoms with Crippen molar-refractivity contribution in [2.24, 2.45) is 0 Å². The molecule has 1 atom stereocenters. The predicted octanol–water partition coefficient (Wildman–Crippen LogP) is 6.18. The minimum Gasteiger partial charge on any atom is -0.497 e. The van der Waals surface area contributed by atoms with Gasteiger partial charge in [0, 0.05) is 18.0 Å². The Morgan fingerprint density at radius 1 is 1.18 bits per heavy atom. The van der Waals surface area contributed by atoms with Crippen molar-refractivity contribution in [2.45, 2.75) is 47.0 Å². The molecular formula is C25H31N5O2S. The average Bonchev–Trinajstić information content (AvgIpc) is 3.49. The molecule has 0 radical (unpaired) electrons. The van der Waals surface area contributed by atoms with Gasteiger partial charge in [0.2, 0.25) is 5.91 Å². The van der Waals surface area contributed by atoms with Crippen molar-refractivity contribution in [3.05, 3.63) is 65.1 Å². The van der Waals surface area contributed by atoms with E-state index in [1.54, 1.807) is 18.8 Å².